The van der Waals surface area contributed by atoms with Crippen molar-refractivity contribution in [1.29, 1.82) is 0 Å². The summed E-state index contributed by atoms with van der Waals surface area (Å²) >= 11 is 6.00. The molecule has 142 valence electrons. The number of rotatable bonds is 4. The van der Waals surface area contributed by atoms with Gasteiger partial charge in [0.15, 0.2) is 0 Å². The average Bonchev–Trinajstić information content (AvgIpc) is 3.16. The van der Waals surface area contributed by atoms with Gasteiger partial charge in [-0.25, -0.2) is 9.38 Å². The van der Waals surface area contributed by atoms with Crippen molar-refractivity contribution in [2.45, 2.75) is 25.9 Å². The Kier molecular flexibility index (Phi) is 6.42. The van der Waals surface area contributed by atoms with Gasteiger partial charge in [-0.3, -0.25) is 10.1 Å². The first kappa shape index (κ1) is 19.3. The highest BCUT2D eigenvalue weighted by molar-refractivity contribution is 6.30. The summed E-state index contributed by atoms with van der Waals surface area (Å²) in [6.07, 6.45) is 2.01. The maximum absolute atomic E-state index is 13.1. The number of hydrogen-bond donors (Lipinski definition) is 2. The Morgan fingerprint density at radius 2 is 2.07 bits per heavy atom. The molecule has 7 heteroatoms. The molecule has 0 aromatic heterocycles. The molecule has 0 saturated carbocycles. The Balaban J connectivity index is 1.76. The summed E-state index contributed by atoms with van der Waals surface area (Å²) in [5.41, 5.74) is 2.05. The van der Waals surface area contributed by atoms with Crippen molar-refractivity contribution in [2.24, 2.45) is 4.99 Å². The van der Waals surface area contributed by atoms with Crippen molar-refractivity contribution in [3.63, 3.8) is 0 Å². The Hall–Kier alpha value is -2.44. The largest absolute Gasteiger partial charge is 0.376 e. The summed E-state index contributed by atoms with van der Waals surface area (Å²) in [4.78, 5) is 17.0. The number of hydrogen-bond acceptors (Lipinski definition) is 3. The first-order valence-electron chi connectivity index (χ1n) is 8.77. The number of carbonyl (C=O) groups excluding carboxylic acids is 1. The van der Waals surface area contributed by atoms with Crippen LogP contribution < -0.4 is 10.6 Å². The second kappa shape index (κ2) is 8.97. The van der Waals surface area contributed by atoms with E-state index in [9.17, 15) is 9.18 Å². The van der Waals surface area contributed by atoms with E-state index in [1.165, 1.54) is 24.3 Å². The van der Waals surface area contributed by atoms with Crippen molar-refractivity contribution in [2.75, 3.05) is 18.5 Å². The summed E-state index contributed by atoms with van der Waals surface area (Å²) in [7, 11) is 0. The molecule has 0 bridgehead atoms. The molecule has 1 atom stereocenters. The Morgan fingerprint density at radius 1 is 1.30 bits per heavy atom. The van der Waals surface area contributed by atoms with E-state index in [0.29, 0.717) is 23.1 Å². The molecule has 1 aliphatic rings. The summed E-state index contributed by atoms with van der Waals surface area (Å²) in [6.45, 7) is 3.09. The van der Waals surface area contributed by atoms with E-state index in [1.54, 1.807) is 6.07 Å². The summed E-state index contributed by atoms with van der Waals surface area (Å²) in [5, 5.41) is 6.53. The van der Waals surface area contributed by atoms with Gasteiger partial charge in [-0.05, 0) is 67.8 Å². The lowest BCUT2D eigenvalue weighted by molar-refractivity contribution is 0.0975. The second-order valence-electron chi connectivity index (χ2n) is 6.37. The molecule has 0 unspecified atom stereocenters. The quantitative estimate of drug-likeness (QED) is 0.609. The van der Waals surface area contributed by atoms with Crippen LogP contribution in [0.15, 0.2) is 47.5 Å². The molecule has 1 saturated heterocycles. The van der Waals surface area contributed by atoms with Crippen LogP contribution in [-0.4, -0.2) is 31.1 Å². The van der Waals surface area contributed by atoms with Gasteiger partial charge in [-0.15, -0.1) is 0 Å². The van der Waals surface area contributed by atoms with Crippen molar-refractivity contribution in [3.8, 4) is 0 Å². The van der Waals surface area contributed by atoms with Crippen LogP contribution in [0.25, 0.3) is 0 Å². The first-order chi connectivity index (χ1) is 13.0. The molecule has 0 aliphatic carbocycles. The van der Waals surface area contributed by atoms with E-state index in [-0.39, 0.29) is 12.0 Å². The number of ether oxygens (including phenoxy) is 1. The number of carbonyl (C=O) groups is 1. The predicted octanol–water partition coefficient (Wildman–Crippen LogP) is 4.16. The molecule has 2 N–H and O–H groups in total. The van der Waals surface area contributed by atoms with E-state index in [2.05, 4.69) is 15.6 Å². The fourth-order valence-corrected chi connectivity index (χ4v) is 2.99. The lowest BCUT2D eigenvalue weighted by Gasteiger charge is -2.15. The molecule has 1 fully saturated rings. The third-order valence-electron chi connectivity index (χ3n) is 4.26. The van der Waals surface area contributed by atoms with Crippen LogP contribution in [-0.2, 0) is 4.74 Å². The molecule has 3 rings (SSSR count). The van der Waals surface area contributed by atoms with E-state index < -0.39 is 5.82 Å². The van der Waals surface area contributed by atoms with Gasteiger partial charge in [0.05, 0.1) is 12.6 Å². The molecular weight excluding hydrogens is 369 g/mol. The number of benzene rings is 2. The molecular formula is C20H21ClFN3O2. The van der Waals surface area contributed by atoms with Crippen molar-refractivity contribution >= 4 is 29.2 Å². The number of nitrogens with one attached hydrogen (secondary N) is 2. The number of guanidine groups is 1. The first-order valence-corrected chi connectivity index (χ1v) is 9.15. The fourth-order valence-electron chi connectivity index (χ4n) is 2.77. The Bertz CT molecular complexity index is 834. The number of nitrogens with zero attached hydrogens (tertiary/aromatic N) is 1. The van der Waals surface area contributed by atoms with E-state index in [1.807, 2.05) is 19.1 Å². The summed E-state index contributed by atoms with van der Waals surface area (Å²) in [5.74, 6) is -0.459. The topological polar surface area (TPSA) is 62.7 Å². The third kappa shape index (κ3) is 5.52. The van der Waals surface area contributed by atoms with Crippen molar-refractivity contribution in [3.05, 3.63) is 64.4 Å². The third-order valence-corrected chi connectivity index (χ3v) is 4.49. The van der Waals surface area contributed by atoms with Gasteiger partial charge in [0, 0.05) is 22.9 Å². The number of halogens is 2. The van der Waals surface area contributed by atoms with Gasteiger partial charge in [-0.2, -0.15) is 0 Å². The molecule has 1 heterocycles. The lowest BCUT2D eigenvalue weighted by atomic mass is 10.2. The van der Waals surface area contributed by atoms with Crippen LogP contribution in [0.5, 0.6) is 0 Å². The van der Waals surface area contributed by atoms with Crippen LogP contribution in [0.1, 0.15) is 28.8 Å². The van der Waals surface area contributed by atoms with Gasteiger partial charge in [0.25, 0.3) is 5.91 Å². The van der Waals surface area contributed by atoms with E-state index in [0.717, 1.165) is 30.7 Å². The minimum atomic E-state index is -0.395. The number of aliphatic imine (C=N–C) groups is 1. The van der Waals surface area contributed by atoms with E-state index >= 15 is 0 Å². The molecule has 2 aromatic carbocycles. The highest BCUT2D eigenvalue weighted by Crippen LogP contribution is 2.19. The predicted molar refractivity (Wildman–Crippen MR) is 105 cm³/mol. The second-order valence-corrected chi connectivity index (χ2v) is 6.81. The van der Waals surface area contributed by atoms with Crippen LogP contribution >= 0.6 is 11.6 Å². The average molecular weight is 390 g/mol. The zero-order valence-electron chi connectivity index (χ0n) is 15.0. The number of aryl methyl sites for hydroxylation is 1. The maximum Gasteiger partial charge on any atom is 0.257 e. The lowest BCUT2D eigenvalue weighted by Crippen LogP contribution is -2.37. The van der Waals surface area contributed by atoms with Crippen LogP contribution in [0.3, 0.4) is 0 Å². The van der Waals surface area contributed by atoms with Crippen LogP contribution in [0, 0.1) is 12.7 Å². The van der Waals surface area contributed by atoms with Gasteiger partial charge in [-0.1, -0.05) is 11.6 Å². The number of anilines is 1. The molecule has 0 radical (unpaired) electrons. The molecule has 27 heavy (non-hydrogen) atoms. The zero-order valence-corrected chi connectivity index (χ0v) is 15.7. The van der Waals surface area contributed by atoms with Crippen molar-refractivity contribution in [1.82, 2.24) is 5.32 Å². The Labute approximate surface area is 162 Å². The normalized spacial score (nSPS) is 17.0. The minimum Gasteiger partial charge on any atom is -0.376 e. The highest BCUT2D eigenvalue weighted by Gasteiger charge is 2.16. The van der Waals surface area contributed by atoms with E-state index in [4.69, 9.17) is 16.3 Å². The summed E-state index contributed by atoms with van der Waals surface area (Å²) < 4.78 is 18.7. The fraction of sp³-hybridized carbons (Fsp3) is 0.300. The molecule has 1 aliphatic heterocycles. The maximum atomic E-state index is 13.1. The smallest absolute Gasteiger partial charge is 0.257 e. The molecule has 5 nitrogen and oxygen atoms in total. The van der Waals surface area contributed by atoms with Crippen LogP contribution in [0.4, 0.5) is 10.1 Å². The molecule has 2 aromatic rings. The number of amides is 1. The molecule has 1 amide bonds. The standard InChI is InChI=1S/C20H21ClFN3O2/c1-13-11-15(21)6-9-18(13)24-20(23-12-17-3-2-10-27-17)25-19(26)14-4-7-16(22)8-5-14/h4-9,11,17H,2-3,10,12H2,1H3,(H2,23,24,25,26)/t17-/m0/s1. The monoisotopic (exact) mass is 389 g/mol. The minimum absolute atomic E-state index is 0.0517. The molecule has 0 spiro atoms. The van der Waals surface area contributed by atoms with Gasteiger partial charge >= 0.3 is 0 Å². The van der Waals surface area contributed by atoms with Gasteiger partial charge in [0.2, 0.25) is 5.96 Å². The van der Waals surface area contributed by atoms with Crippen LogP contribution in [0.2, 0.25) is 5.02 Å². The summed E-state index contributed by atoms with van der Waals surface area (Å²) in [6, 6.07) is 10.7. The Morgan fingerprint density at radius 3 is 2.74 bits per heavy atom. The van der Waals surface area contributed by atoms with Gasteiger partial charge in [0.1, 0.15) is 5.82 Å². The highest BCUT2D eigenvalue weighted by atomic mass is 35.5. The van der Waals surface area contributed by atoms with Gasteiger partial charge < -0.3 is 10.1 Å². The van der Waals surface area contributed by atoms with Crippen molar-refractivity contribution < 1.29 is 13.9 Å². The SMILES string of the molecule is Cc1cc(Cl)ccc1NC(=NC[C@@H]1CCCO1)NC(=O)c1ccc(F)cc1. The zero-order chi connectivity index (χ0) is 19.2.